The number of aromatic nitrogens is 3. The molecule has 0 aliphatic rings. The van der Waals surface area contributed by atoms with E-state index in [1.165, 1.54) is 0 Å². The third-order valence-corrected chi connectivity index (χ3v) is 4.54. The molecule has 0 atom stereocenters. The maximum Gasteiger partial charge on any atom is 0.248 e. The lowest BCUT2D eigenvalue weighted by atomic mass is 10.2. The van der Waals surface area contributed by atoms with E-state index in [1.54, 1.807) is 49.5 Å². The van der Waals surface area contributed by atoms with Gasteiger partial charge in [-0.2, -0.15) is 0 Å². The van der Waals surface area contributed by atoms with Gasteiger partial charge in [-0.15, -0.1) is 5.10 Å². The zero-order chi connectivity index (χ0) is 20.1. The molecule has 0 unspecified atom stereocenters. The van der Waals surface area contributed by atoms with Gasteiger partial charge in [0, 0.05) is 21.8 Å². The first-order valence-corrected chi connectivity index (χ1v) is 9.28. The zero-order valence-corrected chi connectivity index (χ0v) is 17.4. The van der Waals surface area contributed by atoms with Gasteiger partial charge in [-0.05, 0) is 42.0 Å². The van der Waals surface area contributed by atoms with Crippen molar-refractivity contribution in [2.24, 2.45) is 0 Å². The highest BCUT2D eigenvalue weighted by atomic mass is 35.5. The normalized spacial score (nSPS) is 10.4. The van der Waals surface area contributed by atoms with Gasteiger partial charge >= 0.3 is 0 Å². The van der Waals surface area contributed by atoms with Gasteiger partial charge in [0.15, 0.2) is 16.6 Å². The Morgan fingerprint density at radius 2 is 1.86 bits per heavy atom. The molecule has 7 nitrogen and oxygen atoms in total. The van der Waals surface area contributed by atoms with E-state index in [1.807, 2.05) is 12.1 Å². The van der Waals surface area contributed by atoms with E-state index in [4.69, 9.17) is 44.9 Å². The second-order valence-electron chi connectivity index (χ2n) is 5.65. The molecule has 146 valence electrons. The smallest absolute Gasteiger partial charge is 0.248 e. The van der Waals surface area contributed by atoms with Gasteiger partial charge in [0.25, 0.3) is 0 Å². The van der Waals surface area contributed by atoms with Crippen LogP contribution in [0.15, 0.2) is 42.7 Å². The topological polar surface area (TPSA) is 73.2 Å². The summed E-state index contributed by atoms with van der Waals surface area (Å²) in [6.45, 7) is 0.459. The van der Waals surface area contributed by atoms with E-state index in [0.29, 0.717) is 39.1 Å². The molecule has 0 fully saturated rings. The zero-order valence-electron chi connectivity index (χ0n) is 15.1. The molecule has 0 radical (unpaired) electrons. The number of hydrogen-bond donors (Lipinski definition) is 2. The largest absolute Gasteiger partial charge is 0.493 e. The van der Waals surface area contributed by atoms with Gasteiger partial charge in [0.1, 0.15) is 6.33 Å². The van der Waals surface area contributed by atoms with Crippen LogP contribution in [0.2, 0.25) is 10.0 Å². The van der Waals surface area contributed by atoms with Crippen molar-refractivity contribution >= 4 is 52.2 Å². The lowest BCUT2D eigenvalue weighted by Crippen LogP contribution is -2.20. The van der Waals surface area contributed by atoms with Crippen molar-refractivity contribution in [3.63, 3.8) is 0 Å². The van der Waals surface area contributed by atoms with Crippen LogP contribution < -0.4 is 20.1 Å². The number of benzene rings is 2. The summed E-state index contributed by atoms with van der Waals surface area (Å²) in [5.74, 6) is 1.59. The molecule has 10 heteroatoms. The Balaban J connectivity index is 1.62. The first kappa shape index (κ1) is 20.2. The Morgan fingerprint density at radius 1 is 1.07 bits per heavy atom. The number of nitrogens with one attached hydrogen (secondary N) is 2. The average molecular weight is 438 g/mol. The Morgan fingerprint density at radius 3 is 2.57 bits per heavy atom. The Bertz CT molecular complexity index is 996. The van der Waals surface area contributed by atoms with E-state index in [9.17, 15) is 0 Å². The predicted molar refractivity (Wildman–Crippen MR) is 115 cm³/mol. The first-order valence-electron chi connectivity index (χ1n) is 8.12. The van der Waals surface area contributed by atoms with Gasteiger partial charge in [-0.3, -0.25) is 5.32 Å². The SMILES string of the molecule is COc1ccc(NC(=S)Nc2ncn(Cc3ccc(Cl)cc3Cl)n2)cc1OC. The summed E-state index contributed by atoms with van der Waals surface area (Å²) in [6, 6.07) is 10.7. The number of rotatable bonds is 6. The highest BCUT2D eigenvalue weighted by Crippen LogP contribution is 2.29. The number of ether oxygens (including phenoxy) is 2. The minimum absolute atomic E-state index is 0.342. The summed E-state index contributed by atoms with van der Waals surface area (Å²) < 4.78 is 12.1. The summed E-state index contributed by atoms with van der Waals surface area (Å²) >= 11 is 17.4. The molecule has 0 amide bonds. The van der Waals surface area contributed by atoms with Crippen LogP contribution in [0, 0.1) is 0 Å². The first-order chi connectivity index (χ1) is 13.5. The lowest BCUT2D eigenvalue weighted by Gasteiger charge is -2.11. The van der Waals surface area contributed by atoms with Crippen LogP contribution in [0.25, 0.3) is 0 Å². The summed E-state index contributed by atoms with van der Waals surface area (Å²) in [4.78, 5) is 4.20. The van der Waals surface area contributed by atoms with Gasteiger partial charge in [-0.25, -0.2) is 9.67 Å². The lowest BCUT2D eigenvalue weighted by molar-refractivity contribution is 0.355. The molecule has 0 saturated heterocycles. The summed E-state index contributed by atoms with van der Waals surface area (Å²) in [6.07, 6.45) is 1.59. The van der Waals surface area contributed by atoms with Gasteiger partial charge in [0.05, 0.1) is 20.8 Å². The fourth-order valence-corrected chi connectivity index (χ4v) is 3.11. The van der Waals surface area contributed by atoms with Crippen LogP contribution in [0.3, 0.4) is 0 Å². The average Bonchev–Trinajstić information content (AvgIpc) is 3.10. The van der Waals surface area contributed by atoms with Crippen LogP contribution in [0.5, 0.6) is 11.5 Å². The molecule has 1 heterocycles. The van der Waals surface area contributed by atoms with Gasteiger partial charge < -0.3 is 14.8 Å². The number of methoxy groups -OCH3 is 2. The third-order valence-electron chi connectivity index (χ3n) is 3.75. The maximum absolute atomic E-state index is 6.20. The molecule has 28 heavy (non-hydrogen) atoms. The molecule has 0 aliphatic heterocycles. The molecule has 2 aromatic carbocycles. The Hall–Kier alpha value is -2.55. The highest BCUT2D eigenvalue weighted by molar-refractivity contribution is 7.80. The second-order valence-corrected chi connectivity index (χ2v) is 6.90. The van der Waals surface area contributed by atoms with Crippen molar-refractivity contribution in [3.05, 3.63) is 58.3 Å². The van der Waals surface area contributed by atoms with Crippen LogP contribution in [0.1, 0.15) is 5.56 Å². The molecule has 3 aromatic rings. The molecular weight excluding hydrogens is 421 g/mol. The fourth-order valence-electron chi connectivity index (χ4n) is 2.43. The molecule has 1 aromatic heterocycles. The molecule has 2 N–H and O–H groups in total. The molecule has 0 saturated carbocycles. The number of anilines is 2. The maximum atomic E-state index is 6.20. The van der Waals surface area contributed by atoms with Crippen LogP contribution in [-0.2, 0) is 6.54 Å². The van der Waals surface area contributed by atoms with E-state index < -0.39 is 0 Å². The van der Waals surface area contributed by atoms with Crippen molar-refractivity contribution in [2.75, 3.05) is 24.9 Å². The highest BCUT2D eigenvalue weighted by Gasteiger charge is 2.09. The van der Waals surface area contributed by atoms with Gasteiger partial charge in [-0.1, -0.05) is 29.3 Å². The Labute approximate surface area is 177 Å². The van der Waals surface area contributed by atoms with E-state index in [-0.39, 0.29) is 0 Å². The van der Waals surface area contributed by atoms with Crippen LogP contribution in [0.4, 0.5) is 11.6 Å². The molecule has 0 aliphatic carbocycles. The van der Waals surface area contributed by atoms with Crippen molar-refractivity contribution in [2.45, 2.75) is 6.54 Å². The molecule has 3 rings (SSSR count). The van der Waals surface area contributed by atoms with E-state index in [0.717, 1.165) is 11.3 Å². The Kier molecular flexibility index (Phi) is 6.56. The second kappa shape index (κ2) is 9.09. The fraction of sp³-hybridized carbons (Fsp3) is 0.167. The monoisotopic (exact) mass is 437 g/mol. The summed E-state index contributed by atoms with van der Waals surface area (Å²) in [5, 5.41) is 11.8. The standard InChI is InChI=1S/C18H17Cl2N5O2S/c1-26-15-6-5-13(8-16(15)27-2)22-18(28)23-17-21-10-25(24-17)9-11-3-4-12(19)7-14(11)20/h3-8,10H,9H2,1-2H3,(H2,22,23,24,28). The quantitative estimate of drug-likeness (QED) is 0.551. The van der Waals surface area contributed by atoms with Crippen molar-refractivity contribution < 1.29 is 9.47 Å². The van der Waals surface area contributed by atoms with Crippen LogP contribution >= 0.6 is 35.4 Å². The third kappa shape index (κ3) is 5.03. The number of halogens is 2. The minimum Gasteiger partial charge on any atom is -0.493 e. The van der Waals surface area contributed by atoms with Crippen molar-refractivity contribution in [3.8, 4) is 11.5 Å². The molecule has 0 spiro atoms. The predicted octanol–water partition coefficient (Wildman–Crippen LogP) is 4.46. The number of nitrogens with zero attached hydrogens (tertiary/aromatic N) is 3. The molecule has 0 bridgehead atoms. The number of hydrogen-bond acceptors (Lipinski definition) is 5. The van der Waals surface area contributed by atoms with Gasteiger partial charge in [0.2, 0.25) is 5.95 Å². The molecular formula is C18H17Cl2N5O2S. The van der Waals surface area contributed by atoms with Crippen molar-refractivity contribution in [1.82, 2.24) is 14.8 Å². The van der Waals surface area contributed by atoms with Crippen LogP contribution in [-0.4, -0.2) is 34.1 Å². The summed E-state index contributed by atoms with van der Waals surface area (Å²) in [5.41, 5.74) is 1.62. The van der Waals surface area contributed by atoms with E-state index >= 15 is 0 Å². The minimum atomic E-state index is 0.342. The van der Waals surface area contributed by atoms with Crippen molar-refractivity contribution in [1.29, 1.82) is 0 Å². The summed E-state index contributed by atoms with van der Waals surface area (Å²) in [7, 11) is 3.15. The van der Waals surface area contributed by atoms with E-state index in [2.05, 4.69) is 20.7 Å². The number of thiocarbonyl (C=S) groups is 1.